The van der Waals surface area contributed by atoms with Crippen LogP contribution in [0.25, 0.3) is 0 Å². The molecule has 0 spiro atoms. The van der Waals surface area contributed by atoms with Gasteiger partial charge in [0.1, 0.15) is 11.6 Å². The predicted octanol–water partition coefficient (Wildman–Crippen LogP) is 3.02. The molecule has 15 heavy (non-hydrogen) atoms. The lowest BCUT2D eigenvalue weighted by molar-refractivity contribution is 0.393. The molecule has 1 fully saturated rings. The highest BCUT2D eigenvalue weighted by Gasteiger charge is 2.24. The van der Waals surface area contributed by atoms with Crippen LogP contribution in [0.1, 0.15) is 24.4 Å². The fourth-order valence-electron chi connectivity index (χ4n) is 2.01. The van der Waals surface area contributed by atoms with Gasteiger partial charge in [-0.3, -0.25) is 0 Å². The summed E-state index contributed by atoms with van der Waals surface area (Å²) >= 11 is 3.37. The van der Waals surface area contributed by atoms with Crippen LogP contribution in [0.2, 0.25) is 0 Å². The van der Waals surface area contributed by atoms with Gasteiger partial charge in [-0.2, -0.15) is 0 Å². The first-order valence-electron chi connectivity index (χ1n) is 4.99. The Kier molecular flexibility index (Phi) is 3.26. The first-order chi connectivity index (χ1) is 7.24. The van der Waals surface area contributed by atoms with Crippen LogP contribution in [0.5, 0.6) is 5.75 Å². The highest BCUT2D eigenvalue weighted by Crippen LogP contribution is 2.37. The summed E-state index contributed by atoms with van der Waals surface area (Å²) in [7, 11) is 1.57. The third-order valence-corrected chi connectivity index (χ3v) is 3.33. The number of methoxy groups -OCH3 is 1. The first-order valence-corrected chi connectivity index (χ1v) is 5.78. The van der Waals surface area contributed by atoms with Gasteiger partial charge in [-0.25, -0.2) is 4.39 Å². The Hall–Kier alpha value is -0.610. The molecule has 1 aliphatic heterocycles. The van der Waals surface area contributed by atoms with Gasteiger partial charge in [-0.15, -0.1) is 0 Å². The summed E-state index contributed by atoms with van der Waals surface area (Å²) in [6.45, 7) is 0.944. The molecule has 0 aliphatic carbocycles. The molecule has 1 aromatic carbocycles. The second kappa shape index (κ2) is 4.49. The van der Waals surface area contributed by atoms with Crippen molar-refractivity contribution in [3.8, 4) is 5.75 Å². The molecule has 0 radical (unpaired) electrons. The minimum atomic E-state index is -0.200. The molecule has 1 aromatic rings. The van der Waals surface area contributed by atoms with Crippen LogP contribution in [0.15, 0.2) is 16.6 Å². The van der Waals surface area contributed by atoms with E-state index in [4.69, 9.17) is 4.74 Å². The van der Waals surface area contributed by atoms with E-state index in [1.807, 2.05) is 0 Å². The Labute approximate surface area is 96.9 Å². The van der Waals surface area contributed by atoms with E-state index in [2.05, 4.69) is 21.2 Å². The van der Waals surface area contributed by atoms with Gasteiger partial charge in [0, 0.05) is 11.6 Å². The molecular formula is C11H13BrFNO. The zero-order valence-electron chi connectivity index (χ0n) is 8.52. The second-order valence-electron chi connectivity index (χ2n) is 3.63. The van der Waals surface area contributed by atoms with Crippen molar-refractivity contribution in [3.05, 3.63) is 28.0 Å². The fraction of sp³-hybridized carbons (Fsp3) is 0.455. The summed E-state index contributed by atoms with van der Waals surface area (Å²) in [5, 5.41) is 3.27. The van der Waals surface area contributed by atoms with Gasteiger partial charge >= 0.3 is 0 Å². The Balaban J connectivity index is 2.46. The summed E-state index contributed by atoms with van der Waals surface area (Å²) in [6, 6.07) is 3.23. The van der Waals surface area contributed by atoms with Gasteiger partial charge in [0.2, 0.25) is 0 Å². The Morgan fingerprint density at radius 3 is 2.93 bits per heavy atom. The highest BCUT2D eigenvalue weighted by atomic mass is 79.9. The SMILES string of the molecule is COc1c(Br)ccc(F)c1C1CCCN1. The third-order valence-electron chi connectivity index (χ3n) is 2.71. The van der Waals surface area contributed by atoms with E-state index in [0.717, 1.165) is 23.9 Å². The van der Waals surface area contributed by atoms with Crippen LogP contribution in [0.4, 0.5) is 4.39 Å². The molecule has 1 N–H and O–H groups in total. The molecule has 82 valence electrons. The third kappa shape index (κ3) is 2.01. The quantitative estimate of drug-likeness (QED) is 0.895. The molecule has 0 bridgehead atoms. The van der Waals surface area contributed by atoms with E-state index in [0.29, 0.717) is 11.3 Å². The van der Waals surface area contributed by atoms with Crippen molar-refractivity contribution in [2.45, 2.75) is 18.9 Å². The monoisotopic (exact) mass is 273 g/mol. The van der Waals surface area contributed by atoms with Crippen molar-refractivity contribution in [1.82, 2.24) is 5.32 Å². The number of ether oxygens (including phenoxy) is 1. The molecule has 1 saturated heterocycles. The Bertz CT molecular complexity index is 364. The molecule has 0 amide bonds. The lowest BCUT2D eigenvalue weighted by atomic mass is 10.0. The van der Waals surface area contributed by atoms with Gasteiger partial charge in [0.15, 0.2) is 0 Å². The Morgan fingerprint density at radius 2 is 2.33 bits per heavy atom. The highest BCUT2D eigenvalue weighted by molar-refractivity contribution is 9.10. The van der Waals surface area contributed by atoms with Crippen LogP contribution in [-0.4, -0.2) is 13.7 Å². The maximum Gasteiger partial charge on any atom is 0.140 e. The van der Waals surface area contributed by atoms with E-state index in [9.17, 15) is 4.39 Å². The molecule has 1 aliphatic rings. The number of hydrogen-bond donors (Lipinski definition) is 1. The van der Waals surface area contributed by atoms with Crippen molar-refractivity contribution in [1.29, 1.82) is 0 Å². The molecular weight excluding hydrogens is 261 g/mol. The van der Waals surface area contributed by atoms with Gasteiger partial charge in [-0.05, 0) is 47.4 Å². The van der Waals surface area contributed by atoms with Crippen LogP contribution in [0, 0.1) is 5.82 Å². The lowest BCUT2D eigenvalue weighted by Gasteiger charge is -2.17. The van der Waals surface area contributed by atoms with Crippen molar-refractivity contribution in [3.63, 3.8) is 0 Å². The van der Waals surface area contributed by atoms with Gasteiger partial charge in [-0.1, -0.05) is 0 Å². The minimum Gasteiger partial charge on any atom is -0.495 e. The zero-order chi connectivity index (χ0) is 10.8. The van der Waals surface area contributed by atoms with Gasteiger partial charge < -0.3 is 10.1 Å². The van der Waals surface area contributed by atoms with Crippen LogP contribution in [0.3, 0.4) is 0 Å². The smallest absolute Gasteiger partial charge is 0.140 e. The normalized spacial score (nSPS) is 20.6. The van der Waals surface area contributed by atoms with Crippen LogP contribution in [-0.2, 0) is 0 Å². The summed E-state index contributed by atoms with van der Waals surface area (Å²) in [4.78, 5) is 0. The molecule has 0 saturated carbocycles. The van der Waals surface area contributed by atoms with Gasteiger partial charge in [0.25, 0.3) is 0 Å². The zero-order valence-corrected chi connectivity index (χ0v) is 10.1. The maximum atomic E-state index is 13.7. The first kappa shape index (κ1) is 10.9. The number of benzene rings is 1. The van der Waals surface area contributed by atoms with Crippen molar-refractivity contribution in [2.75, 3.05) is 13.7 Å². The van der Waals surface area contributed by atoms with Crippen LogP contribution < -0.4 is 10.1 Å². The predicted molar refractivity (Wildman–Crippen MR) is 60.6 cm³/mol. The lowest BCUT2D eigenvalue weighted by Crippen LogP contribution is -2.15. The maximum absolute atomic E-state index is 13.7. The van der Waals surface area contributed by atoms with E-state index < -0.39 is 0 Å². The number of halogens is 2. The number of rotatable bonds is 2. The largest absolute Gasteiger partial charge is 0.495 e. The average Bonchev–Trinajstić information content (AvgIpc) is 2.74. The Morgan fingerprint density at radius 1 is 1.53 bits per heavy atom. The standard InChI is InChI=1S/C11H13BrFNO/c1-15-11-7(12)4-5-8(13)10(11)9-3-2-6-14-9/h4-5,9,14H,2-3,6H2,1H3. The molecule has 4 heteroatoms. The minimum absolute atomic E-state index is 0.0810. The molecule has 1 atom stereocenters. The molecule has 1 unspecified atom stereocenters. The number of hydrogen-bond acceptors (Lipinski definition) is 2. The van der Waals surface area contributed by atoms with Crippen LogP contribution >= 0.6 is 15.9 Å². The van der Waals surface area contributed by atoms with Crippen molar-refractivity contribution >= 4 is 15.9 Å². The average molecular weight is 274 g/mol. The topological polar surface area (TPSA) is 21.3 Å². The summed E-state index contributed by atoms with van der Waals surface area (Å²) < 4.78 is 19.8. The number of nitrogens with one attached hydrogen (secondary N) is 1. The molecule has 2 nitrogen and oxygen atoms in total. The van der Waals surface area contributed by atoms with E-state index >= 15 is 0 Å². The fourth-order valence-corrected chi connectivity index (χ4v) is 2.52. The van der Waals surface area contributed by atoms with Gasteiger partial charge in [0.05, 0.1) is 11.6 Å². The summed E-state index contributed by atoms with van der Waals surface area (Å²) in [5.41, 5.74) is 0.643. The summed E-state index contributed by atoms with van der Waals surface area (Å²) in [5.74, 6) is 0.406. The summed E-state index contributed by atoms with van der Waals surface area (Å²) in [6.07, 6.45) is 2.05. The molecule has 0 aromatic heterocycles. The molecule has 1 heterocycles. The van der Waals surface area contributed by atoms with E-state index in [1.165, 1.54) is 6.07 Å². The van der Waals surface area contributed by atoms with Crippen molar-refractivity contribution < 1.29 is 9.13 Å². The van der Waals surface area contributed by atoms with Crippen molar-refractivity contribution in [2.24, 2.45) is 0 Å². The van der Waals surface area contributed by atoms with E-state index in [-0.39, 0.29) is 11.9 Å². The second-order valence-corrected chi connectivity index (χ2v) is 4.48. The molecule has 2 rings (SSSR count). The van der Waals surface area contributed by atoms with E-state index in [1.54, 1.807) is 13.2 Å².